The lowest BCUT2D eigenvalue weighted by atomic mass is 10.1. The Morgan fingerprint density at radius 1 is 1.11 bits per heavy atom. The van der Waals surface area contributed by atoms with Crippen molar-refractivity contribution >= 4 is 17.5 Å². The van der Waals surface area contributed by atoms with Crippen LogP contribution in [0, 0.1) is 0 Å². The Balaban J connectivity index is 1.45. The summed E-state index contributed by atoms with van der Waals surface area (Å²) in [5.41, 5.74) is 2.14. The summed E-state index contributed by atoms with van der Waals surface area (Å²) < 4.78 is 5.33. The number of para-hydroxylation sites is 1. The van der Waals surface area contributed by atoms with Crippen molar-refractivity contribution in [3.8, 4) is 5.75 Å². The van der Waals surface area contributed by atoms with Crippen LogP contribution in [-0.2, 0) is 11.3 Å². The maximum Gasteiger partial charge on any atom is 0.234 e. The molecule has 1 N–H and O–H groups in total. The number of hydrogen-bond donors (Lipinski definition) is 1. The topological polar surface area (TPSA) is 44.8 Å². The largest absolute Gasteiger partial charge is 0.496 e. The highest BCUT2D eigenvalue weighted by Crippen LogP contribution is 2.27. The molecule has 1 heterocycles. The summed E-state index contributed by atoms with van der Waals surface area (Å²) in [4.78, 5) is 17.0. The zero-order valence-electron chi connectivity index (χ0n) is 16.5. The summed E-state index contributed by atoms with van der Waals surface area (Å²) in [5.74, 6) is 0.837. The van der Waals surface area contributed by atoms with E-state index in [1.807, 2.05) is 42.5 Å². The monoisotopic (exact) mass is 401 g/mol. The number of ether oxygens (including phenoxy) is 1. The maximum atomic E-state index is 12.3. The van der Waals surface area contributed by atoms with Crippen LogP contribution in [0.4, 0.5) is 0 Å². The van der Waals surface area contributed by atoms with Crippen LogP contribution < -0.4 is 10.1 Å². The van der Waals surface area contributed by atoms with Gasteiger partial charge in [0, 0.05) is 49.4 Å². The number of benzene rings is 2. The minimum Gasteiger partial charge on any atom is -0.496 e. The Hall–Kier alpha value is -2.08. The van der Waals surface area contributed by atoms with Gasteiger partial charge in [0.15, 0.2) is 0 Å². The predicted molar refractivity (Wildman–Crippen MR) is 113 cm³/mol. The average molecular weight is 402 g/mol. The summed E-state index contributed by atoms with van der Waals surface area (Å²) in [5, 5.41) is 3.81. The van der Waals surface area contributed by atoms with Crippen LogP contribution in [0.5, 0.6) is 5.75 Å². The third-order valence-corrected chi connectivity index (χ3v) is 5.69. The molecule has 1 fully saturated rings. The van der Waals surface area contributed by atoms with Gasteiger partial charge in [-0.1, -0.05) is 48.0 Å². The van der Waals surface area contributed by atoms with Crippen molar-refractivity contribution in [3.63, 3.8) is 0 Å². The SMILES string of the molecule is COc1ccccc1CNC(=O)CN1CCN(C(C)c2ccccc2Cl)CC1. The quantitative estimate of drug-likeness (QED) is 0.772. The van der Waals surface area contributed by atoms with Gasteiger partial charge in [-0.25, -0.2) is 0 Å². The van der Waals surface area contributed by atoms with Gasteiger partial charge in [0.2, 0.25) is 5.91 Å². The van der Waals surface area contributed by atoms with E-state index in [9.17, 15) is 4.79 Å². The van der Waals surface area contributed by atoms with Crippen LogP contribution in [0.15, 0.2) is 48.5 Å². The Bertz CT molecular complexity index is 791. The van der Waals surface area contributed by atoms with Crippen LogP contribution in [-0.4, -0.2) is 55.5 Å². The van der Waals surface area contributed by atoms with Gasteiger partial charge in [-0.05, 0) is 24.6 Å². The Kier molecular flexibility index (Phi) is 7.31. The van der Waals surface area contributed by atoms with Gasteiger partial charge in [-0.2, -0.15) is 0 Å². The molecule has 0 aromatic heterocycles. The molecule has 28 heavy (non-hydrogen) atoms. The van der Waals surface area contributed by atoms with Gasteiger partial charge in [-0.15, -0.1) is 0 Å². The van der Waals surface area contributed by atoms with Gasteiger partial charge < -0.3 is 10.1 Å². The molecule has 1 amide bonds. The highest BCUT2D eigenvalue weighted by atomic mass is 35.5. The van der Waals surface area contributed by atoms with Crippen LogP contribution in [0.25, 0.3) is 0 Å². The average Bonchev–Trinajstić information content (AvgIpc) is 2.73. The molecule has 1 aliphatic rings. The lowest BCUT2D eigenvalue weighted by Gasteiger charge is -2.38. The molecule has 2 aromatic rings. The first-order valence-corrected chi connectivity index (χ1v) is 10.1. The molecule has 0 radical (unpaired) electrons. The number of halogens is 1. The minimum atomic E-state index is 0.0403. The lowest BCUT2D eigenvalue weighted by Crippen LogP contribution is -2.49. The second-order valence-electron chi connectivity index (χ2n) is 7.10. The van der Waals surface area contributed by atoms with Crippen molar-refractivity contribution in [2.75, 3.05) is 39.8 Å². The summed E-state index contributed by atoms with van der Waals surface area (Å²) in [6.07, 6.45) is 0. The summed E-state index contributed by atoms with van der Waals surface area (Å²) in [7, 11) is 1.64. The fourth-order valence-corrected chi connectivity index (χ4v) is 3.91. The maximum absolute atomic E-state index is 12.3. The van der Waals surface area contributed by atoms with E-state index in [4.69, 9.17) is 16.3 Å². The van der Waals surface area contributed by atoms with Crippen LogP contribution >= 0.6 is 11.6 Å². The lowest BCUT2D eigenvalue weighted by molar-refractivity contribution is -0.122. The van der Waals surface area contributed by atoms with E-state index in [1.54, 1.807) is 7.11 Å². The molecule has 1 saturated heterocycles. The van der Waals surface area contributed by atoms with E-state index in [2.05, 4.69) is 28.1 Å². The number of rotatable bonds is 7. The first-order chi connectivity index (χ1) is 13.6. The molecule has 3 rings (SSSR count). The number of nitrogens with one attached hydrogen (secondary N) is 1. The molecular formula is C22H28ClN3O2. The first-order valence-electron chi connectivity index (χ1n) is 9.68. The zero-order chi connectivity index (χ0) is 19.9. The minimum absolute atomic E-state index is 0.0403. The van der Waals surface area contributed by atoms with Crippen molar-refractivity contribution < 1.29 is 9.53 Å². The second kappa shape index (κ2) is 9.92. The number of hydrogen-bond acceptors (Lipinski definition) is 4. The Labute approximate surface area is 172 Å². The predicted octanol–water partition coefficient (Wildman–Crippen LogP) is 3.34. The van der Waals surface area contributed by atoms with Gasteiger partial charge in [0.05, 0.1) is 13.7 Å². The van der Waals surface area contributed by atoms with Crippen molar-refractivity contribution in [1.82, 2.24) is 15.1 Å². The van der Waals surface area contributed by atoms with E-state index < -0.39 is 0 Å². The molecule has 150 valence electrons. The number of methoxy groups -OCH3 is 1. The molecule has 6 heteroatoms. The number of amides is 1. The standard InChI is InChI=1S/C22H28ClN3O2/c1-17(19-8-4-5-9-20(19)23)26-13-11-25(12-14-26)16-22(27)24-15-18-7-3-6-10-21(18)28-2/h3-10,17H,11-16H2,1-2H3,(H,24,27). The molecule has 2 aromatic carbocycles. The van der Waals surface area contributed by atoms with Crippen LogP contribution in [0.1, 0.15) is 24.1 Å². The smallest absolute Gasteiger partial charge is 0.234 e. The molecule has 0 spiro atoms. The number of carbonyl (C=O) groups excluding carboxylic acids is 1. The molecule has 0 aliphatic carbocycles. The Morgan fingerprint density at radius 3 is 2.50 bits per heavy atom. The molecule has 0 saturated carbocycles. The molecular weight excluding hydrogens is 374 g/mol. The highest BCUT2D eigenvalue weighted by Gasteiger charge is 2.24. The van der Waals surface area contributed by atoms with Crippen molar-refractivity contribution in [1.29, 1.82) is 0 Å². The molecule has 1 aliphatic heterocycles. The number of nitrogens with zero attached hydrogens (tertiary/aromatic N) is 2. The molecule has 0 bridgehead atoms. The summed E-state index contributed by atoms with van der Waals surface area (Å²) in [6, 6.07) is 16.0. The third-order valence-electron chi connectivity index (χ3n) is 5.35. The molecule has 1 unspecified atom stereocenters. The fraction of sp³-hybridized carbons (Fsp3) is 0.409. The molecule has 5 nitrogen and oxygen atoms in total. The summed E-state index contributed by atoms with van der Waals surface area (Å²) in [6.45, 7) is 6.68. The van der Waals surface area contributed by atoms with Crippen LogP contribution in [0.2, 0.25) is 5.02 Å². The Morgan fingerprint density at radius 2 is 1.79 bits per heavy atom. The highest BCUT2D eigenvalue weighted by molar-refractivity contribution is 6.31. The fourth-order valence-electron chi connectivity index (χ4n) is 3.62. The summed E-state index contributed by atoms with van der Waals surface area (Å²) >= 11 is 6.34. The third kappa shape index (κ3) is 5.25. The second-order valence-corrected chi connectivity index (χ2v) is 7.51. The van der Waals surface area contributed by atoms with E-state index in [-0.39, 0.29) is 11.9 Å². The van der Waals surface area contributed by atoms with E-state index in [1.165, 1.54) is 0 Å². The normalized spacial score (nSPS) is 16.5. The van der Waals surface area contributed by atoms with Crippen molar-refractivity contribution in [2.24, 2.45) is 0 Å². The van der Waals surface area contributed by atoms with Crippen LogP contribution in [0.3, 0.4) is 0 Å². The number of piperazine rings is 1. The van der Waals surface area contributed by atoms with E-state index in [0.29, 0.717) is 13.1 Å². The van der Waals surface area contributed by atoms with Gasteiger partial charge in [0.25, 0.3) is 0 Å². The molecule has 1 atom stereocenters. The van der Waals surface area contributed by atoms with E-state index >= 15 is 0 Å². The number of carbonyl (C=O) groups is 1. The first kappa shape index (κ1) is 20.6. The van der Waals surface area contributed by atoms with Gasteiger partial charge in [0.1, 0.15) is 5.75 Å². The zero-order valence-corrected chi connectivity index (χ0v) is 17.3. The van der Waals surface area contributed by atoms with Gasteiger partial charge >= 0.3 is 0 Å². The van der Waals surface area contributed by atoms with E-state index in [0.717, 1.165) is 48.1 Å². The van der Waals surface area contributed by atoms with Gasteiger partial charge in [-0.3, -0.25) is 14.6 Å². The van der Waals surface area contributed by atoms with Crippen molar-refractivity contribution in [3.05, 3.63) is 64.7 Å². The van der Waals surface area contributed by atoms with Crippen molar-refractivity contribution in [2.45, 2.75) is 19.5 Å².